The summed E-state index contributed by atoms with van der Waals surface area (Å²) in [7, 11) is 0. The molecule has 90 valence electrons. The molecule has 1 saturated heterocycles. The number of carbonyl (C=O) groups excluding carboxylic acids is 1. The molecule has 0 aromatic rings. The van der Waals surface area contributed by atoms with Crippen LogP contribution in [0.15, 0.2) is 12.7 Å². The highest BCUT2D eigenvalue weighted by molar-refractivity contribution is 5.81. The van der Waals surface area contributed by atoms with Crippen molar-refractivity contribution in [1.29, 1.82) is 0 Å². The first-order chi connectivity index (χ1) is 7.56. The fourth-order valence-corrected chi connectivity index (χ4v) is 1.65. The zero-order chi connectivity index (χ0) is 12.1. The molecule has 1 rings (SSSR count). The second kappa shape index (κ2) is 5.50. The van der Waals surface area contributed by atoms with Gasteiger partial charge >= 0.3 is 12.1 Å². The van der Waals surface area contributed by atoms with Crippen molar-refractivity contribution in [3.05, 3.63) is 12.7 Å². The fraction of sp³-hybridized carbons (Fsp3) is 0.600. The molecular formula is C10H15NO5. The number of nitrogens with zero attached hydrogens (tertiary/aromatic N) is 1. The molecule has 2 unspecified atom stereocenters. The standard InChI is InChI=1S/C10H15NO5/c1-2-5-16-9(13)8-4-3-7(12)6-11(8)10(14)15/h2,7-8,12H,1,3-6H2,(H,14,15). The van der Waals surface area contributed by atoms with Gasteiger partial charge in [0.1, 0.15) is 12.6 Å². The molecule has 0 saturated carbocycles. The number of amides is 1. The van der Waals surface area contributed by atoms with Crippen molar-refractivity contribution in [3.8, 4) is 0 Å². The Hall–Kier alpha value is -1.56. The second-order valence-electron chi connectivity index (χ2n) is 3.60. The van der Waals surface area contributed by atoms with E-state index in [2.05, 4.69) is 6.58 Å². The van der Waals surface area contributed by atoms with Crippen LogP contribution in [0.3, 0.4) is 0 Å². The van der Waals surface area contributed by atoms with Crippen molar-refractivity contribution in [1.82, 2.24) is 4.90 Å². The minimum absolute atomic E-state index is 0.0524. The molecule has 0 radical (unpaired) electrons. The number of carboxylic acid groups (broad SMARTS) is 1. The number of β-amino-alcohol motifs (C(OH)–C–C–N with tert-alkyl or cyclic N) is 1. The van der Waals surface area contributed by atoms with E-state index in [1.54, 1.807) is 0 Å². The summed E-state index contributed by atoms with van der Waals surface area (Å²) in [4.78, 5) is 23.3. The van der Waals surface area contributed by atoms with Gasteiger partial charge in [-0.2, -0.15) is 0 Å². The van der Waals surface area contributed by atoms with E-state index >= 15 is 0 Å². The average Bonchev–Trinajstić information content (AvgIpc) is 2.25. The third-order valence-corrected chi connectivity index (χ3v) is 2.42. The Kier molecular flexibility index (Phi) is 4.30. The minimum Gasteiger partial charge on any atom is -0.465 e. The Labute approximate surface area is 93.1 Å². The molecule has 1 aliphatic heterocycles. The van der Waals surface area contributed by atoms with Crippen LogP contribution in [0.1, 0.15) is 12.8 Å². The van der Waals surface area contributed by atoms with E-state index in [0.29, 0.717) is 6.42 Å². The van der Waals surface area contributed by atoms with Crippen molar-refractivity contribution in [2.45, 2.75) is 25.0 Å². The van der Waals surface area contributed by atoms with E-state index < -0.39 is 24.2 Å². The molecule has 2 atom stereocenters. The lowest BCUT2D eigenvalue weighted by Gasteiger charge is -2.34. The smallest absolute Gasteiger partial charge is 0.408 e. The summed E-state index contributed by atoms with van der Waals surface area (Å²) in [5.41, 5.74) is 0. The van der Waals surface area contributed by atoms with Crippen molar-refractivity contribution in [3.63, 3.8) is 0 Å². The molecule has 0 bridgehead atoms. The van der Waals surface area contributed by atoms with Crippen molar-refractivity contribution in [2.24, 2.45) is 0 Å². The Bertz CT molecular complexity index is 291. The number of aliphatic hydroxyl groups is 1. The minimum atomic E-state index is -1.22. The summed E-state index contributed by atoms with van der Waals surface area (Å²) in [6.07, 6.45) is 0.167. The largest absolute Gasteiger partial charge is 0.465 e. The highest BCUT2D eigenvalue weighted by Crippen LogP contribution is 2.18. The monoisotopic (exact) mass is 229 g/mol. The van der Waals surface area contributed by atoms with Crippen LogP contribution in [0, 0.1) is 0 Å². The molecule has 1 heterocycles. The molecule has 1 amide bonds. The second-order valence-corrected chi connectivity index (χ2v) is 3.60. The van der Waals surface area contributed by atoms with Crippen LogP contribution < -0.4 is 0 Å². The number of likely N-dealkylation sites (tertiary alicyclic amines) is 1. The predicted molar refractivity (Wildman–Crippen MR) is 54.9 cm³/mol. The molecular weight excluding hydrogens is 214 g/mol. The van der Waals surface area contributed by atoms with Crippen LogP contribution >= 0.6 is 0 Å². The molecule has 0 aromatic carbocycles. The van der Waals surface area contributed by atoms with Gasteiger partial charge < -0.3 is 14.9 Å². The van der Waals surface area contributed by atoms with Crippen LogP contribution in [0.5, 0.6) is 0 Å². The molecule has 0 spiro atoms. The first-order valence-corrected chi connectivity index (χ1v) is 5.01. The van der Waals surface area contributed by atoms with E-state index in [1.165, 1.54) is 6.08 Å². The summed E-state index contributed by atoms with van der Waals surface area (Å²) in [5.74, 6) is -0.589. The number of ether oxygens (including phenoxy) is 1. The third-order valence-electron chi connectivity index (χ3n) is 2.42. The number of esters is 1. The van der Waals surface area contributed by atoms with E-state index in [9.17, 15) is 14.7 Å². The predicted octanol–water partition coefficient (Wildman–Crippen LogP) is 0.219. The van der Waals surface area contributed by atoms with Crippen molar-refractivity contribution < 1.29 is 24.5 Å². The summed E-state index contributed by atoms with van der Waals surface area (Å²) in [5, 5.41) is 18.2. The zero-order valence-corrected chi connectivity index (χ0v) is 8.83. The lowest BCUT2D eigenvalue weighted by atomic mass is 10.0. The first kappa shape index (κ1) is 12.5. The van der Waals surface area contributed by atoms with Gasteiger partial charge in [0.05, 0.1) is 12.6 Å². The number of hydrogen-bond acceptors (Lipinski definition) is 4. The summed E-state index contributed by atoms with van der Waals surface area (Å²) >= 11 is 0. The van der Waals surface area contributed by atoms with E-state index in [4.69, 9.17) is 9.84 Å². The molecule has 16 heavy (non-hydrogen) atoms. The van der Waals surface area contributed by atoms with Crippen LogP contribution in [-0.2, 0) is 9.53 Å². The normalized spacial score (nSPS) is 24.9. The van der Waals surface area contributed by atoms with Crippen LogP contribution in [0.25, 0.3) is 0 Å². The lowest BCUT2D eigenvalue weighted by Crippen LogP contribution is -2.52. The number of carbonyl (C=O) groups is 2. The summed E-state index contributed by atoms with van der Waals surface area (Å²) in [6.45, 7) is 3.41. The Morgan fingerprint density at radius 3 is 2.75 bits per heavy atom. The maximum atomic E-state index is 11.5. The Morgan fingerprint density at radius 1 is 1.50 bits per heavy atom. The topological polar surface area (TPSA) is 87.1 Å². The number of hydrogen-bond donors (Lipinski definition) is 2. The first-order valence-electron chi connectivity index (χ1n) is 5.01. The van der Waals surface area contributed by atoms with E-state index in [0.717, 1.165) is 4.90 Å². The average molecular weight is 229 g/mol. The van der Waals surface area contributed by atoms with Gasteiger partial charge in [-0.3, -0.25) is 4.90 Å². The molecule has 6 heteroatoms. The summed E-state index contributed by atoms with van der Waals surface area (Å²) < 4.78 is 4.80. The van der Waals surface area contributed by atoms with Gasteiger partial charge in [-0.05, 0) is 12.8 Å². The van der Waals surface area contributed by atoms with Crippen molar-refractivity contribution in [2.75, 3.05) is 13.2 Å². The van der Waals surface area contributed by atoms with Gasteiger partial charge in [0.2, 0.25) is 0 Å². The molecule has 1 aliphatic rings. The lowest BCUT2D eigenvalue weighted by molar-refractivity contribution is -0.150. The SMILES string of the molecule is C=CCOC(=O)C1CCC(O)CN1C(=O)O. The quantitative estimate of drug-likeness (QED) is 0.534. The van der Waals surface area contributed by atoms with Gasteiger partial charge in [-0.1, -0.05) is 12.7 Å². The number of aliphatic hydroxyl groups excluding tert-OH is 1. The molecule has 0 aromatic heterocycles. The Morgan fingerprint density at radius 2 is 2.19 bits per heavy atom. The highest BCUT2D eigenvalue weighted by atomic mass is 16.5. The molecule has 6 nitrogen and oxygen atoms in total. The van der Waals surface area contributed by atoms with Gasteiger partial charge in [0.15, 0.2) is 0 Å². The van der Waals surface area contributed by atoms with E-state index in [-0.39, 0.29) is 19.6 Å². The van der Waals surface area contributed by atoms with Crippen LogP contribution in [0.4, 0.5) is 4.79 Å². The third kappa shape index (κ3) is 2.96. The van der Waals surface area contributed by atoms with E-state index in [1.807, 2.05) is 0 Å². The van der Waals surface area contributed by atoms with Gasteiger partial charge in [0, 0.05) is 0 Å². The van der Waals surface area contributed by atoms with Crippen LogP contribution in [-0.4, -0.2) is 52.5 Å². The van der Waals surface area contributed by atoms with Crippen molar-refractivity contribution >= 4 is 12.1 Å². The van der Waals surface area contributed by atoms with Gasteiger partial charge in [-0.15, -0.1) is 0 Å². The van der Waals surface area contributed by atoms with Gasteiger partial charge in [0.25, 0.3) is 0 Å². The highest BCUT2D eigenvalue weighted by Gasteiger charge is 2.36. The van der Waals surface area contributed by atoms with Crippen LogP contribution in [0.2, 0.25) is 0 Å². The fourth-order valence-electron chi connectivity index (χ4n) is 1.65. The maximum absolute atomic E-state index is 11.5. The molecule has 0 aliphatic carbocycles. The number of piperidine rings is 1. The van der Waals surface area contributed by atoms with Gasteiger partial charge in [-0.25, -0.2) is 9.59 Å². The number of rotatable bonds is 3. The zero-order valence-electron chi connectivity index (χ0n) is 8.83. The maximum Gasteiger partial charge on any atom is 0.408 e. The Balaban J connectivity index is 2.64. The summed E-state index contributed by atoms with van der Waals surface area (Å²) in [6, 6.07) is -0.819. The molecule has 1 fully saturated rings. The molecule has 2 N–H and O–H groups in total.